The van der Waals surface area contributed by atoms with Crippen molar-refractivity contribution in [2.75, 3.05) is 5.32 Å². The largest absolute Gasteiger partial charge is 0.310 e. The Bertz CT molecular complexity index is 1210. The summed E-state index contributed by atoms with van der Waals surface area (Å²) in [6, 6.07) is 13.4. The zero-order valence-corrected chi connectivity index (χ0v) is 17.1. The minimum atomic E-state index is -0.210. The van der Waals surface area contributed by atoms with Crippen LogP contribution in [0.2, 0.25) is 10.0 Å². The van der Waals surface area contributed by atoms with Crippen molar-refractivity contribution in [1.82, 2.24) is 14.8 Å². The van der Waals surface area contributed by atoms with E-state index in [9.17, 15) is 4.79 Å². The smallest absolute Gasteiger partial charge is 0.226 e. The van der Waals surface area contributed by atoms with E-state index < -0.39 is 0 Å². The molecule has 0 fully saturated rings. The number of amides is 1. The average Bonchev–Trinajstić information content (AvgIpc) is 3.24. The van der Waals surface area contributed by atoms with Gasteiger partial charge in [-0.25, -0.2) is 4.98 Å². The number of rotatable bonds is 2. The fourth-order valence-corrected chi connectivity index (χ4v) is 5.06. The number of hydrogen-bond acceptors (Lipinski definition) is 4. The Morgan fingerprint density at radius 3 is 2.82 bits per heavy atom. The highest BCUT2D eigenvalue weighted by atomic mass is 35.5. The predicted molar refractivity (Wildman–Crippen MR) is 113 cm³/mol. The first-order valence-electron chi connectivity index (χ1n) is 8.72. The van der Waals surface area contributed by atoms with Crippen LogP contribution in [0.15, 0.2) is 42.5 Å². The fraction of sp³-hybridized carbons (Fsp3) is 0.150. The van der Waals surface area contributed by atoms with Gasteiger partial charge in [-0.1, -0.05) is 58.8 Å². The van der Waals surface area contributed by atoms with Crippen molar-refractivity contribution in [3.63, 3.8) is 0 Å². The second-order valence-corrected chi connectivity index (χ2v) is 8.47. The van der Waals surface area contributed by atoms with E-state index in [-0.39, 0.29) is 11.8 Å². The monoisotopic (exact) mass is 428 g/mol. The maximum atomic E-state index is 12.5. The van der Waals surface area contributed by atoms with Gasteiger partial charge < -0.3 is 5.32 Å². The summed E-state index contributed by atoms with van der Waals surface area (Å²) in [5.74, 6) is 0.350. The highest BCUT2D eigenvalue weighted by Gasteiger charge is 2.34. The Morgan fingerprint density at radius 2 is 2.00 bits per heavy atom. The van der Waals surface area contributed by atoms with Crippen molar-refractivity contribution < 1.29 is 4.79 Å². The van der Waals surface area contributed by atoms with Gasteiger partial charge in [0.1, 0.15) is 5.82 Å². The molecule has 1 aliphatic rings. The Hall–Kier alpha value is -2.41. The third kappa shape index (κ3) is 2.71. The second-order valence-electron chi connectivity index (χ2n) is 6.67. The topological polar surface area (TPSA) is 59.8 Å². The molecule has 1 aliphatic heterocycles. The van der Waals surface area contributed by atoms with Crippen LogP contribution in [0.5, 0.6) is 0 Å². The minimum Gasteiger partial charge on any atom is -0.310 e. The van der Waals surface area contributed by atoms with E-state index >= 15 is 0 Å². The van der Waals surface area contributed by atoms with E-state index in [1.54, 1.807) is 10.7 Å². The average molecular weight is 429 g/mol. The number of para-hydroxylation sites is 1. The molecule has 5 rings (SSSR count). The molecule has 0 saturated heterocycles. The lowest BCUT2D eigenvalue weighted by Crippen LogP contribution is -2.25. The molecule has 0 radical (unpaired) electrons. The number of nitrogens with one attached hydrogen (secondary N) is 1. The molecule has 0 unspecified atom stereocenters. The van der Waals surface area contributed by atoms with Crippen LogP contribution >= 0.6 is 34.5 Å². The summed E-state index contributed by atoms with van der Waals surface area (Å²) >= 11 is 14.2. The van der Waals surface area contributed by atoms with E-state index in [1.165, 1.54) is 11.3 Å². The Morgan fingerprint density at radius 1 is 1.18 bits per heavy atom. The number of hydrogen-bond donors (Lipinski definition) is 1. The molecule has 2 aromatic heterocycles. The third-order valence-electron chi connectivity index (χ3n) is 4.92. The summed E-state index contributed by atoms with van der Waals surface area (Å²) in [7, 11) is 0. The molecule has 1 atom stereocenters. The number of fused-ring (bicyclic) bond motifs is 2. The van der Waals surface area contributed by atoms with E-state index in [4.69, 9.17) is 28.3 Å². The van der Waals surface area contributed by atoms with Gasteiger partial charge >= 0.3 is 0 Å². The molecule has 0 spiro atoms. The fourth-order valence-electron chi connectivity index (χ4n) is 3.69. The predicted octanol–water partition coefficient (Wildman–Crippen LogP) is 5.57. The molecular formula is C20H14Cl2N4OS. The molecule has 1 N–H and O–H groups in total. The van der Waals surface area contributed by atoms with Gasteiger partial charge in [0.2, 0.25) is 11.0 Å². The van der Waals surface area contributed by atoms with Crippen molar-refractivity contribution in [1.29, 1.82) is 0 Å². The molecule has 28 heavy (non-hydrogen) atoms. The van der Waals surface area contributed by atoms with Gasteiger partial charge in [0.15, 0.2) is 0 Å². The van der Waals surface area contributed by atoms with Crippen LogP contribution in [0.3, 0.4) is 0 Å². The molecule has 0 bridgehead atoms. The summed E-state index contributed by atoms with van der Waals surface area (Å²) in [5.41, 5.74) is 3.51. The highest BCUT2D eigenvalue weighted by molar-refractivity contribution is 7.20. The van der Waals surface area contributed by atoms with Gasteiger partial charge in [0.05, 0.1) is 26.0 Å². The summed E-state index contributed by atoms with van der Waals surface area (Å²) < 4.78 is 2.79. The summed E-state index contributed by atoms with van der Waals surface area (Å²) in [6.45, 7) is 1.94. The highest BCUT2D eigenvalue weighted by Crippen LogP contribution is 2.44. The molecule has 3 heterocycles. The van der Waals surface area contributed by atoms with Gasteiger partial charge in [-0.15, -0.1) is 0 Å². The lowest BCUT2D eigenvalue weighted by atomic mass is 9.86. The SMILES string of the molecule is Cc1nn(-c2nc3ccccc3s2)c2c1[C@@H](c1cccc(Cl)c1Cl)CC(=O)N2. The summed E-state index contributed by atoms with van der Waals surface area (Å²) in [4.78, 5) is 17.2. The number of nitrogens with zero attached hydrogens (tertiary/aromatic N) is 3. The van der Waals surface area contributed by atoms with Crippen LogP contribution < -0.4 is 5.32 Å². The van der Waals surface area contributed by atoms with Crippen LogP contribution in [0.1, 0.15) is 29.2 Å². The number of carbonyl (C=O) groups is 1. The molecular weight excluding hydrogens is 415 g/mol. The number of benzene rings is 2. The van der Waals surface area contributed by atoms with E-state index in [0.29, 0.717) is 27.4 Å². The van der Waals surface area contributed by atoms with Gasteiger partial charge in [-0.2, -0.15) is 9.78 Å². The van der Waals surface area contributed by atoms with Gasteiger partial charge in [0, 0.05) is 17.9 Å². The first kappa shape index (κ1) is 17.7. The quantitative estimate of drug-likeness (QED) is 0.453. The molecule has 0 aliphatic carbocycles. The van der Waals surface area contributed by atoms with Crippen LogP contribution in [-0.4, -0.2) is 20.7 Å². The van der Waals surface area contributed by atoms with Crippen molar-refractivity contribution in [3.8, 4) is 5.13 Å². The van der Waals surface area contributed by atoms with Crippen molar-refractivity contribution in [3.05, 3.63) is 69.3 Å². The van der Waals surface area contributed by atoms with Gasteiger partial charge in [-0.05, 0) is 30.7 Å². The van der Waals surface area contributed by atoms with E-state index in [0.717, 1.165) is 27.0 Å². The maximum absolute atomic E-state index is 12.5. The van der Waals surface area contributed by atoms with Crippen LogP contribution in [0.4, 0.5) is 5.82 Å². The minimum absolute atomic E-state index is 0.0872. The lowest BCUT2D eigenvalue weighted by Gasteiger charge is -2.25. The van der Waals surface area contributed by atoms with Crippen molar-refractivity contribution in [2.24, 2.45) is 0 Å². The number of carbonyl (C=O) groups excluding carboxylic acids is 1. The maximum Gasteiger partial charge on any atom is 0.226 e. The second kappa shape index (κ2) is 6.58. The molecule has 1 amide bonds. The number of aromatic nitrogens is 3. The number of aryl methyl sites for hydroxylation is 1. The van der Waals surface area contributed by atoms with Crippen molar-refractivity contribution >= 4 is 56.5 Å². The zero-order chi connectivity index (χ0) is 19.4. The number of anilines is 1. The van der Waals surface area contributed by atoms with Gasteiger partial charge in [-0.3, -0.25) is 4.79 Å². The number of thiazole rings is 1. The van der Waals surface area contributed by atoms with E-state index in [2.05, 4.69) is 10.3 Å². The van der Waals surface area contributed by atoms with Crippen LogP contribution in [0, 0.1) is 6.92 Å². The van der Waals surface area contributed by atoms with Crippen LogP contribution in [-0.2, 0) is 4.79 Å². The molecule has 140 valence electrons. The van der Waals surface area contributed by atoms with Crippen LogP contribution in [0.25, 0.3) is 15.3 Å². The summed E-state index contributed by atoms with van der Waals surface area (Å²) in [6.07, 6.45) is 0.291. The third-order valence-corrected chi connectivity index (χ3v) is 6.77. The lowest BCUT2D eigenvalue weighted by molar-refractivity contribution is -0.116. The van der Waals surface area contributed by atoms with Gasteiger partial charge in [0.25, 0.3) is 0 Å². The molecule has 8 heteroatoms. The number of halogens is 2. The molecule has 0 saturated carbocycles. The standard InChI is InChI=1S/C20H14Cl2N4OS/c1-10-17-12(11-5-4-6-13(21)18(11)22)9-16(27)24-19(17)26(25-10)20-23-14-7-2-3-8-15(14)28-20/h2-8,12H,9H2,1H3,(H,24,27)/t12-/m1/s1. The van der Waals surface area contributed by atoms with E-state index in [1.807, 2.05) is 43.3 Å². The normalized spacial score (nSPS) is 16.2. The summed E-state index contributed by atoms with van der Waals surface area (Å²) in [5, 5.41) is 9.33. The first-order valence-corrected chi connectivity index (χ1v) is 10.3. The molecule has 2 aromatic carbocycles. The molecule has 5 nitrogen and oxygen atoms in total. The Kier molecular flexibility index (Phi) is 4.16. The Labute approximate surface area is 174 Å². The molecule has 4 aromatic rings. The Balaban J connectivity index is 1.70. The van der Waals surface area contributed by atoms with Crippen molar-refractivity contribution in [2.45, 2.75) is 19.3 Å². The first-order chi connectivity index (χ1) is 13.5. The zero-order valence-electron chi connectivity index (χ0n) is 14.7.